The monoisotopic (exact) mass is 333 g/mol. The van der Waals surface area contributed by atoms with Crippen molar-refractivity contribution in [3.05, 3.63) is 53.1 Å². The number of benzene rings is 2. The van der Waals surface area contributed by atoms with Gasteiger partial charge in [-0.2, -0.15) is 0 Å². The third kappa shape index (κ3) is 3.90. The van der Waals surface area contributed by atoms with Gasteiger partial charge in [-0.1, -0.05) is 13.0 Å². The molecule has 0 aliphatic heterocycles. The van der Waals surface area contributed by atoms with Crippen LogP contribution in [0.1, 0.15) is 35.3 Å². The fraction of sp³-hybridized carbons (Fsp3) is 0.235. The lowest BCUT2D eigenvalue weighted by molar-refractivity contribution is 0.101. The van der Waals surface area contributed by atoms with Gasteiger partial charge in [0.15, 0.2) is 16.5 Å². The number of carbonyl (C=O) groups excluding carboxylic acids is 1. The maximum Gasteiger partial charge on any atom is 0.168 e. The Labute approximate surface area is 136 Å². The fourth-order valence-electron chi connectivity index (χ4n) is 2.19. The lowest BCUT2D eigenvalue weighted by Gasteiger charge is -2.14. The number of aromatic hydroxyl groups is 1. The van der Waals surface area contributed by atoms with Crippen LogP contribution in [0.5, 0.6) is 11.5 Å². The zero-order valence-corrected chi connectivity index (χ0v) is 13.7. The predicted octanol–water partition coefficient (Wildman–Crippen LogP) is 2.51. The molecule has 0 bridgehead atoms. The molecule has 0 aliphatic carbocycles. The van der Waals surface area contributed by atoms with Crippen LogP contribution in [0.2, 0.25) is 0 Å². The van der Waals surface area contributed by atoms with Crippen LogP contribution in [0.4, 0.5) is 0 Å². The van der Waals surface area contributed by atoms with Gasteiger partial charge in [-0.05, 0) is 43.2 Å². The van der Waals surface area contributed by atoms with Crippen molar-refractivity contribution >= 4 is 16.5 Å². The Morgan fingerprint density at radius 3 is 2.52 bits per heavy atom. The van der Waals surface area contributed by atoms with E-state index in [9.17, 15) is 18.3 Å². The summed E-state index contributed by atoms with van der Waals surface area (Å²) in [5.41, 5.74) is 1.59. The molecule has 1 radical (unpaired) electrons. The Morgan fingerprint density at radius 2 is 2.00 bits per heavy atom. The summed E-state index contributed by atoms with van der Waals surface area (Å²) >= 11 is 0. The largest absolute Gasteiger partial charge is 0.507 e. The van der Waals surface area contributed by atoms with Gasteiger partial charge >= 0.3 is 0 Å². The Balaban J connectivity index is 2.20. The second kappa shape index (κ2) is 7.28. The van der Waals surface area contributed by atoms with Crippen LogP contribution < -0.4 is 4.74 Å². The van der Waals surface area contributed by atoms with E-state index in [2.05, 4.69) is 6.07 Å². The molecule has 0 heterocycles. The summed E-state index contributed by atoms with van der Waals surface area (Å²) < 4.78 is 27.3. The molecule has 1 N–H and O–H groups in total. The third-order valence-corrected chi connectivity index (χ3v) is 4.10. The van der Waals surface area contributed by atoms with E-state index in [-0.39, 0.29) is 28.6 Å². The minimum atomic E-state index is -2.64. The van der Waals surface area contributed by atoms with Gasteiger partial charge in [-0.15, -0.1) is 0 Å². The highest BCUT2D eigenvalue weighted by Gasteiger charge is 2.15. The molecule has 0 spiro atoms. The molecule has 0 amide bonds. The smallest absolute Gasteiger partial charge is 0.168 e. The highest BCUT2D eigenvalue weighted by atomic mass is 32.2. The van der Waals surface area contributed by atoms with E-state index in [0.717, 1.165) is 5.56 Å². The predicted molar refractivity (Wildman–Crippen MR) is 85.7 cm³/mol. The summed E-state index contributed by atoms with van der Waals surface area (Å²) in [6.45, 7) is 3.46. The quantitative estimate of drug-likeness (QED) is 0.627. The van der Waals surface area contributed by atoms with Crippen LogP contribution >= 0.6 is 0 Å². The van der Waals surface area contributed by atoms with Crippen molar-refractivity contribution in [2.24, 2.45) is 0 Å². The molecule has 0 atom stereocenters. The minimum absolute atomic E-state index is 0.0530. The summed E-state index contributed by atoms with van der Waals surface area (Å²) in [6.07, 6.45) is 0.518. The van der Waals surface area contributed by atoms with Gasteiger partial charge in [-0.3, -0.25) is 4.79 Å². The highest BCUT2D eigenvalue weighted by Crippen LogP contribution is 2.32. The van der Waals surface area contributed by atoms with Crippen LogP contribution in [-0.4, -0.2) is 19.3 Å². The van der Waals surface area contributed by atoms with Gasteiger partial charge in [-0.25, -0.2) is 8.42 Å². The zero-order valence-electron chi connectivity index (χ0n) is 12.8. The van der Waals surface area contributed by atoms with Crippen LogP contribution in [0.25, 0.3) is 0 Å². The van der Waals surface area contributed by atoms with Gasteiger partial charge in [0, 0.05) is 11.6 Å². The second-order valence-corrected chi connectivity index (χ2v) is 5.97. The van der Waals surface area contributed by atoms with Crippen molar-refractivity contribution in [2.75, 3.05) is 0 Å². The average molecular weight is 333 g/mol. The first-order chi connectivity index (χ1) is 10.9. The van der Waals surface area contributed by atoms with E-state index >= 15 is 0 Å². The van der Waals surface area contributed by atoms with E-state index in [0.29, 0.717) is 17.7 Å². The summed E-state index contributed by atoms with van der Waals surface area (Å²) in [4.78, 5) is 11.6. The first kappa shape index (κ1) is 17.0. The number of thiol groups is 1. The van der Waals surface area contributed by atoms with E-state index in [1.807, 2.05) is 6.92 Å². The summed E-state index contributed by atoms with van der Waals surface area (Å²) in [7, 11) is -2.64. The molecule has 0 saturated heterocycles. The Hall–Kier alpha value is -2.34. The molecule has 5 nitrogen and oxygen atoms in total. The fourth-order valence-corrected chi connectivity index (χ4v) is 2.56. The molecule has 0 unspecified atom stereocenters. The topological polar surface area (TPSA) is 80.7 Å². The number of Topliss-reactive ketones (excluding diaryl/α,β-unsaturated/α-hetero) is 1. The lowest BCUT2D eigenvalue weighted by Crippen LogP contribution is -2.02. The maximum atomic E-state index is 11.5. The van der Waals surface area contributed by atoms with Crippen LogP contribution in [0.3, 0.4) is 0 Å². The molecule has 0 aliphatic rings. The van der Waals surface area contributed by atoms with Gasteiger partial charge in [0.2, 0.25) is 0 Å². The summed E-state index contributed by atoms with van der Waals surface area (Å²) in [5.74, 6) is 0.234. The zero-order chi connectivity index (χ0) is 17.0. The summed E-state index contributed by atoms with van der Waals surface area (Å²) in [5, 5.41) is 10.2. The van der Waals surface area contributed by atoms with Crippen molar-refractivity contribution in [2.45, 2.75) is 31.8 Å². The molecular weight excluding hydrogens is 316 g/mol. The SMILES string of the molecule is CCc1c(OCc2c[c]c([SH](=O)=O)cc2)ccc(C(C)=O)c1O. The van der Waals surface area contributed by atoms with E-state index < -0.39 is 10.7 Å². The number of phenols is 1. The molecule has 0 fully saturated rings. The lowest BCUT2D eigenvalue weighted by atomic mass is 10.0. The highest BCUT2D eigenvalue weighted by molar-refractivity contribution is 7.72. The van der Waals surface area contributed by atoms with Crippen LogP contribution in [0.15, 0.2) is 35.2 Å². The molecule has 6 heteroatoms. The Morgan fingerprint density at radius 1 is 1.26 bits per heavy atom. The number of ketones is 1. The Bertz CT molecular complexity index is 783. The van der Waals surface area contributed by atoms with Crippen molar-refractivity contribution in [3.63, 3.8) is 0 Å². The number of carbonyl (C=O) groups is 1. The standard InChI is InChI=1S/C17H17O5S/c1-3-14-16(9-8-15(11(2)18)17(14)19)22-10-12-4-6-13(7-5-12)23(20)21/h4-6,8-9,19,23H,3,10H2,1-2H3. The van der Waals surface area contributed by atoms with Crippen molar-refractivity contribution in [1.29, 1.82) is 0 Å². The van der Waals surface area contributed by atoms with Gasteiger partial charge < -0.3 is 9.84 Å². The molecule has 2 rings (SSSR count). The third-order valence-electron chi connectivity index (χ3n) is 3.42. The van der Waals surface area contributed by atoms with Gasteiger partial charge in [0.1, 0.15) is 18.1 Å². The Kier molecular flexibility index (Phi) is 5.39. The van der Waals surface area contributed by atoms with E-state index in [1.54, 1.807) is 18.2 Å². The second-order valence-electron chi connectivity index (χ2n) is 4.98. The molecule has 0 aromatic heterocycles. The summed E-state index contributed by atoms with van der Waals surface area (Å²) in [6, 6.07) is 10.5. The first-order valence-electron chi connectivity index (χ1n) is 7.07. The number of ether oxygens (including phenoxy) is 1. The molecule has 121 valence electrons. The van der Waals surface area contributed by atoms with Gasteiger partial charge in [0.05, 0.1) is 10.5 Å². The van der Waals surface area contributed by atoms with Crippen LogP contribution in [0, 0.1) is 6.07 Å². The molecule has 2 aromatic rings. The maximum absolute atomic E-state index is 11.5. The van der Waals surface area contributed by atoms with Gasteiger partial charge in [0.25, 0.3) is 0 Å². The normalized spacial score (nSPS) is 10.7. The average Bonchev–Trinajstić information content (AvgIpc) is 2.52. The van der Waals surface area contributed by atoms with E-state index in [4.69, 9.17) is 4.74 Å². The van der Waals surface area contributed by atoms with Crippen molar-refractivity contribution in [1.82, 2.24) is 0 Å². The molecule has 0 saturated carbocycles. The molecular formula is C17H17O5S. The minimum Gasteiger partial charge on any atom is -0.507 e. The van der Waals surface area contributed by atoms with Crippen LogP contribution in [-0.2, 0) is 23.7 Å². The number of hydrogen-bond acceptors (Lipinski definition) is 5. The molecule has 23 heavy (non-hydrogen) atoms. The van der Waals surface area contributed by atoms with Crippen molar-refractivity contribution < 1.29 is 23.1 Å². The van der Waals surface area contributed by atoms with Crippen molar-refractivity contribution in [3.8, 4) is 11.5 Å². The molecule has 2 aromatic carbocycles. The number of rotatable bonds is 6. The number of phenolic OH excluding ortho intramolecular Hbond substituents is 1. The number of hydrogen-bond donors (Lipinski definition) is 2. The first-order valence-corrected chi connectivity index (χ1v) is 8.25. The van der Waals surface area contributed by atoms with E-state index in [1.165, 1.54) is 19.1 Å².